The van der Waals surface area contributed by atoms with E-state index in [1.807, 2.05) is 49.4 Å². The third kappa shape index (κ3) is 4.57. The van der Waals surface area contributed by atoms with Crippen molar-refractivity contribution in [1.29, 1.82) is 0 Å². The average molecular weight is 339 g/mol. The van der Waals surface area contributed by atoms with Gasteiger partial charge >= 0.3 is 6.01 Å². The van der Waals surface area contributed by atoms with Crippen LogP contribution in [0.25, 0.3) is 11.5 Å². The minimum atomic E-state index is -0.384. The summed E-state index contributed by atoms with van der Waals surface area (Å²) in [4.78, 5) is 11.9. The van der Waals surface area contributed by atoms with Gasteiger partial charge in [0.15, 0.2) is 6.61 Å². The Labute approximate surface area is 144 Å². The number of hydrogen-bond acceptors (Lipinski definition) is 6. The van der Waals surface area contributed by atoms with Gasteiger partial charge in [0.1, 0.15) is 11.5 Å². The van der Waals surface area contributed by atoms with E-state index in [2.05, 4.69) is 15.5 Å². The van der Waals surface area contributed by atoms with Gasteiger partial charge in [-0.05, 0) is 43.3 Å². The molecule has 0 aliphatic heterocycles. The Hall–Kier alpha value is -3.35. The smallest absolute Gasteiger partial charge is 0.322 e. The summed E-state index contributed by atoms with van der Waals surface area (Å²) in [6.07, 6.45) is 0. The molecule has 0 spiro atoms. The molecule has 0 bridgehead atoms. The van der Waals surface area contributed by atoms with E-state index in [0.29, 0.717) is 18.2 Å². The van der Waals surface area contributed by atoms with Crippen molar-refractivity contribution in [1.82, 2.24) is 10.2 Å². The largest absolute Gasteiger partial charge is 0.494 e. The number of benzene rings is 2. The van der Waals surface area contributed by atoms with Crippen LogP contribution in [0.3, 0.4) is 0 Å². The van der Waals surface area contributed by atoms with Gasteiger partial charge < -0.3 is 13.9 Å². The Balaban J connectivity index is 1.56. The van der Waals surface area contributed by atoms with Crippen LogP contribution in [-0.2, 0) is 4.79 Å². The lowest BCUT2D eigenvalue weighted by Crippen LogP contribution is -2.20. The monoisotopic (exact) mass is 339 g/mol. The fourth-order valence-corrected chi connectivity index (χ4v) is 2.07. The highest BCUT2D eigenvalue weighted by molar-refractivity contribution is 5.89. The Morgan fingerprint density at radius 1 is 1.00 bits per heavy atom. The van der Waals surface area contributed by atoms with Gasteiger partial charge in [-0.3, -0.25) is 10.1 Å². The number of nitrogens with one attached hydrogen (secondary N) is 1. The van der Waals surface area contributed by atoms with E-state index < -0.39 is 0 Å². The Morgan fingerprint density at radius 3 is 2.44 bits per heavy atom. The molecule has 0 saturated heterocycles. The number of amides is 1. The van der Waals surface area contributed by atoms with Crippen molar-refractivity contribution in [2.24, 2.45) is 0 Å². The van der Waals surface area contributed by atoms with Gasteiger partial charge in [0, 0.05) is 5.56 Å². The third-order valence-corrected chi connectivity index (χ3v) is 3.20. The molecule has 128 valence electrons. The molecule has 1 heterocycles. The van der Waals surface area contributed by atoms with Crippen molar-refractivity contribution >= 4 is 11.9 Å². The standard InChI is InChI=1S/C18H17N3O4/c1-2-23-15-10-8-13(9-11-15)17-20-21-18(25-17)19-16(22)12-24-14-6-4-3-5-7-14/h3-11H,2,12H2,1H3,(H,19,21,22). The SMILES string of the molecule is CCOc1ccc(-c2nnc(NC(=O)COc3ccccc3)o2)cc1. The van der Waals surface area contributed by atoms with Gasteiger partial charge in [-0.15, -0.1) is 5.10 Å². The molecule has 2 aromatic carbocycles. The van der Waals surface area contributed by atoms with Crippen LogP contribution >= 0.6 is 0 Å². The normalized spacial score (nSPS) is 10.3. The van der Waals surface area contributed by atoms with Gasteiger partial charge in [-0.1, -0.05) is 23.3 Å². The second-order valence-electron chi connectivity index (χ2n) is 5.02. The zero-order valence-electron chi connectivity index (χ0n) is 13.6. The number of carbonyl (C=O) groups is 1. The molecule has 0 unspecified atom stereocenters. The van der Waals surface area contributed by atoms with Gasteiger partial charge in [-0.2, -0.15) is 0 Å². The van der Waals surface area contributed by atoms with E-state index in [0.717, 1.165) is 11.3 Å². The Kier molecular flexibility index (Phi) is 5.26. The number of hydrogen-bond donors (Lipinski definition) is 1. The van der Waals surface area contributed by atoms with Crippen LogP contribution in [0.2, 0.25) is 0 Å². The molecule has 0 saturated carbocycles. The van der Waals surface area contributed by atoms with Crippen molar-refractivity contribution in [3.63, 3.8) is 0 Å². The number of para-hydroxylation sites is 1. The highest BCUT2D eigenvalue weighted by atomic mass is 16.5. The summed E-state index contributed by atoms with van der Waals surface area (Å²) in [5, 5.41) is 10.2. The lowest BCUT2D eigenvalue weighted by atomic mass is 10.2. The minimum absolute atomic E-state index is 0.0190. The van der Waals surface area contributed by atoms with Crippen molar-refractivity contribution < 1.29 is 18.7 Å². The lowest BCUT2D eigenvalue weighted by Gasteiger charge is -2.04. The molecule has 1 aromatic heterocycles. The van der Waals surface area contributed by atoms with E-state index in [1.165, 1.54) is 0 Å². The summed E-state index contributed by atoms with van der Waals surface area (Å²) in [6.45, 7) is 2.37. The first-order valence-electron chi connectivity index (χ1n) is 7.79. The number of anilines is 1. The Morgan fingerprint density at radius 2 is 1.72 bits per heavy atom. The predicted octanol–water partition coefficient (Wildman–Crippen LogP) is 3.15. The number of carbonyl (C=O) groups excluding carboxylic acids is 1. The fourth-order valence-electron chi connectivity index (χ4n) is 2.07. The zero-order valence-corrected chi connectivity index (χ0v) is 13.6. The van der Waals surface area contributed by atoms with E-state index in [1.54, 1.807) is 12.1 Å². The molecule has 0 aliphatic rings. The first kappa shape index (κ1) is 16.5. The van der Waals surface area contributed by atoms with Crippen LogP contribution in [-0.4, -0.2) is 29.3 Å². The molecule has 7 heteroatoms. The molecule has 7 nitrogen and oxygen atoms in total. The first-order chi connectivity index (χ1) is 12.2. The van der Waals surface area contributed by atoms with Crippen LogP contribution in [0.15, 0.2) is 59.0 Å². The van der Waals surface area contributed by atoms with Crippen LogP contribution < -0.4 is 14.8 Å². The topological polar surface area (TPSA) is 86.5 Å². The number of ether oxygens (including phenoxy) is 2. The van der Waals surface area contributed by atoms with E-state index in [4.69, 9.17) is 13.9 Å². The molecular weight excluding hydrogens is 322 g/mol. The summed E-state index contributed by atoms with van der Waals surface area (Å²) in [6, 6.07) is 16.3. The number of rotatable bonds is 7. The van der Waals surface area contributed by atoms with Crippen molar-refractivity contribution in [3.05, 3.63) is 54.6 Å². The van der Waals surface area contributed by atoms with Crippen molar-refractivity contribution in [2.75, 3.05) is 18.5 Å². The van der Waals surface area contributed by atoms with Crippen molar-refractivity contribution in [3.8, 4) is 23.0 Å². The van der Waals surface area contributed by atoms with Crippen molar-refractivity contribution in [2.45, 2.75) is 6.92 Å². The minimum Gasteiger partial charge on any atom is -0.494 e. The summed E-state index contributed by atoms with van der Waals surface area (Å²) >= 11 is 0. The number of nitrogens with zero attached hydrogens (tertiary/aromatic N) is 2. The maximum absolute atomic E-state index is 11.9. The fraction of sp³-hybridized carbons (Fsp3) is 0.167. The molecule has 3 rings (SSSR count). The van der Waals surface area contributed by atoms with Crippen LogP contribution in [0.4, 0.5) is 6.01 Å². The second-order valence-corrected chi connectivity index (χ2v) is 5.02. The second kappa shape index (κ2) is 7.96. The summed E-state index contributed by atoms with van der Waals surface area (Å²) < 4.78 is 16.2. The molecule has 0 fully saturated rings. The van der Waals surface area contributed by atoms with E-state index in [-0.39, 0.29) is 18.5 Å². The Bertz CT molecular complexity index is 816. The van der Waals surface area contributed by atoms with Gasteiger partial charge in [0.05, 0.1) is 6.61 Å². The van der Waals surface area contributed by atoms with E-state index in [9.17, 15) is 4.79 Å². The van der Waals surface area contributed by atoms with Gasteiger partial charge in [-0.25, -0.2) is 0 Å². The highest BCUT2D eigenvalue weighted by Gasteiger charge is 2.12. The zero-order chi connectivity index (χ0) is 17.5. The summed E-state index contributed by atoms with van der Waals surface area (Å²) in [5.74, 6) is 1.30. The van der Waals surface area contributed by atoms with Crippen LogP contribution in [0, 0.1) is 0 Å². The van der Waals surface area contributed by atoms with E-state index >= 15 is 0 Å². The molecule has 0 radical (unpaired) electrons. The maximum atomic E-state index is 11.9. The first-order valence-corrected chi connectivity index (χ1v) is 7.79. The average Bonchev–Trinajstić information content (AvgIpc) is 3.10. The summed E-state index contributed by atoms with van der Waals surface area (Å²) in [5.41, 5.74) is 0.733. The molecular formula is C18H17N3O4. The molecule has 1 amide bonds. The van der Waals surface area contributed by atoms with Crippen LogP contribution in [0.5, 0.6) is 11.5 Å². The highest BCUT2D eigenvalue weighted by Crippen LogP contribution is 2.22. The molecule has 25 heavy (non-hydrogen) atoms. The number of aromatic nitrogens is 2. The molecule has 1 N–H and O–H groups in total. The molecule has 0 atom stereocenters. The summed E-state index contributed by atoms with van der Waals surface area (Å²) in [7, 11) is 0. The predicted molar refractivity (Wildman–Crippen MR) is 91.5 cm³/mol. The molecule has 3 aromatic rings. The maximum Gasteiger partial charge on any atom is 0.322 e. The van der Waals surface area contributed by atoms with Crippen LogP contribution in [0.1, 0.15) is 6.92 Å². The quantitative estimate of drug-likeness (QED) is 0.711. The lowest BCUT2D eigenvalue weighted by molar-refractivity contribution is -0.118. The third-order valence-electron chi connectivity index (χ3n) is 3.20. The van der Waals surface area contributed by atoms with Gasteiger partial charge in [0.2, 0.25) is 5.89 Å². The van der Waals surface area contributed by atoms with Gasteiger partial charge in [0.25, 0.3) is 5.91 Å². The molecule has 0 aliphatic carbocycles.